The molecule has 0 unspecified atom stereocenters. The van der Waals surface area contributed by atoms with E-state index < -0.39 is 0 Å². The molecule has 8 nitrogen and oxygen atoms in total. The first-order valence-corrected chi connectivity index (χ1v) is 15.2. The molecule has 0 fully saturated rings. The van der Waals surface area contributed by atoms with Gasteiger partial charge in [0.05, 0.1) is 11.1 Å². The zero-order valence-electron chi connectivity index (χ0n) is 21.5. The molecule has 0 spiro atoms. The molecule has 0 aromatic carbocycles. The van der Waals surface area contributed by atoms with Crippen LogP contribution >= 0.6 is 23.5 Å². The third-order valence-electron chi connectivity index (χ3n) is 6.68. The van der Waals surface area contributed by atoms with Gasteiger partial charge in [-0.15, -0.1) is 23.5 Å². The van der Waals surface area contributed by atoms with Gasteiger partial charge in [0.1, 0.15) is 22.2 Å². The van der Waals surface area contributed by atoms with Crippen LogP contribution in [0.3, 0.4) is 0 Å². The lowest BCUT2D eigenvalue weighted by Crippen LogP contribution is -2.34. The maximum absolute atomic E-state index is 12.2. The summed E-state index contributed by atoms with van der Waals surface area (Å²) in [5.41, 5.74) is 5.70. The third-order valence-corrected chi connectivity index (χ3v) is 8.66. The Kier molecular flexibility index (Phi) is 10.4. The van der Waals surface area contributed by atoms with Crippen LogP contribution in [0.25, 0.3) is 0 Å². The Balaban J connectivity index is 1.11. The van der Waals surface area contributed by atoms with Crippen LogP contribution in [0.5, 0.6) is 0 Å². The normalized spacial score (nSPS) is 13.9. The van der Waals surface area contributed by atoms with Crippen LogP contribution in [0, 0.1) is 22.7 Å². The van der Waals surface area contributed by atoms with Crippen molar-refractivity contribution >= 4 is 35.3 Å². The molecule has 0 radical (unpaired) electrons. The number of aryl methyl sites for hydroxylation is 4. The van der Waals surface area contributed by atoms with Gasteiger partial charge in [-0.1, -0.05) is 0 Å². The number of rotatable bonds is 11. The summed E-state index contributed by atoms with van der Waals surface area (Å²) in [6.45, 7) is 0.710. The second-order valence-corrected chi connectivity index (χ2v) is 11.6. The first-order chi connectivity index (χ1) is 18.6. The van der Waals surface area contributed by atoms with Crippen LogP contribution in [-0.2, 0) is 35.3 Å². The molecule has 2 N–H and O–H groups in total. The van der Waals surface area contributed by atoms with E-state index in [1.54, 1.807) is 0 Å². The number of aromatic nitrogens is 2. The molecule has 38 heavy (non-hydrogen) atoms. The Morgan fingerprint density at radius 2 is 1.16 bits per heavy atom. The lowest BCUT2D eigenvalue weighted by Gasteiger charge is -2.16. The highest BCUT2D eigenvalue weighted by Gasteiger charge is 2.17. The third kappa shape index (κ3) is 7.72. The minimum Gasteiger partial charge on any atom is -0.354 e. The second-order valence-electron chi connectivity index (χ2n) is 9.43. The van der Waals surface area contributed by atoms with Crippen molar-refractivity contribution in [3.8, 4) is 12.1 Å². The molecule has 0 saturated heterocycles. The van der Waals surface area contributed by atoms with Crippen LogP contribution in [0.15, 0.2) is 22.2 Å². The zero-order valence-corrected chi connectivity index (χ0v) is 23.1. The van der Waals surface area contributed by atoms with Crippen molar-refractivity contribution in [2.45, 2.75) is 74.3 Å². The van der Waals surface area contributed by atoms with Gasteiger partial charge in [-0.3, -0.25) is 9.59 Å². The zero-order chi connectivity index (χ0) is 26.7. The molecule has 0 bridgehead atoms. The fourth-order valence-corrected chi connectivity index (χ4v) is 6.50. The maximum atomic E-state index is 12.2. The number of fused-ring (bicyclic) bond motifs is 2. The number of hydrogen-bond acceptors (Lipinski definition) is 8. The van der Waals surface area contributed by atoms with Crippen molar-refractivity contribution in [2.24, 2.45) is 0 Å². The fraction of sp³-hybridized carbons (Fsp3) is 0.500. The van der Waals surface area contributed by atoms with Gasteiger partial charge in [-0.2, -0.15) is 10.5 Å². The summed E-state index contributed by atoms with van der Waals surface area (Å²) in [7, 11) is 0. The number of carbonyl (C=O) groups excluding carboxylic acids is 2. The monoisotopic (exact) mass is 548 g/mol. The average Bonchev–Trinajstić information content (AvgIpc) is 2.94. The van der Waals surface area contributed by atoms with E-state index in [9.17, 15) is 20.1 Å². The van der Waals surface area contributed by atoms with Gasteiger partial charge < -0.3 is 10.6 Å². The molecule has 10 heteroatoms. The van der Waals surface area contributed by atoms with E-state index in [-0.39, 0.29) is 11.8 Å². The van der Waals surface area contributed by atoms with E-state index in [0.29, 0.717) is 58.6 Å². The maximum Gasteiger partial charge on any atom is 0.220 e. The van der Waals surface area contributed by atoms with Crippen LogP contribution in [-0.4, -0.2) is 46.4 Å². The van der Waals surface area contributed by atoms with E-state index in [4.69, 9.17) is 0 Å². The van der Waals surface area contributed by atoms with Crippen molar-refractivity contribution in [1.29, 1.82) is 10.5 Å². The summed E-state index contributed by atoms with van der Waals surface area (Å²) in [4.78, 5) is 33.8. The van der Waals surface area contributed by atoms with E-state index >= 15 is 0 Å². The smallest absolute Gasteiger partial charge is 0.220 e. The topological polar surface area (TPSA) is 132 Å². The van der Waals surface area contributed by atoms with E-state index in [1.165, 1.54) is 34.7 Å². The van der Waals surface area contributed by atoms with E-state index in [0.717, 1.165) is 62.8 Å². The number of hydrogen-bond donors (Lipinski definition) is 2. The number of carbonyl (C=O) groups is 2. The standard InChI is InChI=1S/C28H32N6O2S2/c29-17-21-15-19-5-1-3-7-23(19)33-27(21)37-13-9-25(35)31-11-12-32-26(36)10-14-38-28-22(18-30)16-20-6-2-4-8-24(20)34-28/h15-16H,1-14H2,(H,31,35)(H,32,36). The summed E-state index contributed by atoms with van der Waals surface area (Å²) in [6.07, 6.45) is 9.02. The van der Waals surface area contributed by atoms with Gasteiger partial charge in [-0.25, -0.2) is 9.97 Å². The Morgan fingerprint density at radius 1 is 0.737 bits per heavy atom. The summed E-state index contributed by atoms with van der Waals surface area (Å²) >= 11 is 2.88. The number of nitrogens with one attached hydrogen (secondary N) is 2. The molecular formula is C28H32N6O2S2. The number of pyridine rings is 2. The number of nitriles is 2. The van der Waals surface area contributed by atoms with Crippen LogP contribution in [0.2, 0.25) is 0 Å². The number of thioether (sulfide) groups is 2. The Labute approximate surface area is 232 Å². The molecule has 2 aromatic rings. The summed E-state index contributed by atoms with van der Waals surface area (Å²) in [5, 5.41) is 26.0. The van der Waals surface area contributed by atoms with Gasteiger partial charge in [-0.05, 0) is 74.6 Å². The molecular weight excluding hydrogens is 516 g/mol. The van der Waals surface area contributed by atoms with Crippen LogP contribution < -0.4 is 10.6 Å². The molecule has 0 saturated carbocycles. The Bertz CT molecular complexity index is 1170. The lowest BCUT2D eigenvalue weighted by atomic mass is 9.95. The predicted molar refractivity (Wildman–Crippen MR) is 148 cm³/mol. The van der Waals surface area contributed by atoms with E-state index in [2.05, 4.69) is 32.7 Å². The SMILES string of the molecule is N#Cc1cc2c(nc1SCCC(=O)NCCNC(=O)CCSc1nc3c(cc1C#N)CCCC3)CCCC2. The van der Waals surface area contributed by atoms with Gasteiger partial charge in [0.25, 0.3) is 0 Å². The molecule has 198 valence electrons. The highest BCUT2D eigenvalue weighted by molar-refractivity contribution is 7.99. The summed E-state index contributed by atoms with van der Waals surface area (Å²) in [5.74, 6) is 0.886. The minimum atomic E-state index is -0.0960. The summed E-state index contributed by atoms with van der Waals surface area (Å²) in [6, 6.07) is 8.38. The van der Waals surface area contributed by atoms with E-state index in [1.807, 2.05) is 12.1 Å². The van der Waals surface area contributed by atoms with Gasteiger partial charge in [0, 0.05) is 48.8 Å². The quantitative estimate of drug-likeness (QED) is 0.320. The summed E-state index contributed by atoms with van der Waals surface area (Å²) < 4.78 is 0. The molecule has 2 heterocycles. The highest BCUT2D eigenvalue weighted by Crippen LogP contribution is 2.28. The predicted octanol–water partition coefficient (Wildman–Crippen LogP) is 3.87. The fourth-order valence-electron chi connectivity index (χ4n) is 4.67. The van der Waals surface area contributed by atoms with Gasteiger partial charge >= 0.3 is 0 Å². The average molecular weight is 549 g/mol. The van der Waals surface area contributed by atoms with Crippen molar-refractivity contribution in [3.05, 3.63) is 45.8 Å². The van der Waals surface area contributed by atoms with Crippen molar-refractivity contribution < 1.29 is 9.59 Å². The molecule has 0 aliphatic heterocycles. The van der Waals surface area contributed by atoms with Gasteiger partial charge in [0.15, 0.2) is 0 Å². The first kappa shape index (κ1) is 27.9. The minimum absolute atomic E-state index is 0.0960. The lowest BCUT2D eigenvalue weighted by molar-refractivity contribution is -0.122. The Hall–Kier alpha value is -3.08. The molecule has 2 aliphatic rings. The van der Waals surface area contributed by atoms with Crippen molar-refractivity contribution in [2.75, 3.05) is 24.6 Å². The molecule has 4 rings (SSSR count). The molecule has 2 aromatic heterocycles. The molecule has 0 atom stereocenters. The van der Waals surface area contributed by atoms with Crippen molar-refractivity contribution in [3.63, 3.8) is 0 Å². The van der Waals surface area contributed by atoms with Crippen LogP contribution in [0.4, 0.5) is 0 Å². The molecule has 2 amide bonds. The first-order valence-electron chi connectivity index (χ1n) is 13.2. The Morgan fingerprint density at radius 3 is 1.58 bits per heavy atom. The van der Waals surface area contributed by atoms with Gasteiger partial charge in [0.2, 0.25) is 11.8 Å². The second kappa shape index (κ2) is 14.2. The molecule has 2 aliphatic carbocycles. The van der Waals surface area contributed by atoms with Crippen molar-refractivity contribution in [1.82, 2.24) is 20.6 Å². The largest absolute Gasteiger partial charge is 0.354 e. The van der Waals surface area contributed by atoms with Crippen LogP contribution in [0.1, 0.15) is 72.2 Å². The number of nitrogens with zero attached hydrogens (tertiary/aromatic N) is 4. The highest BCUT2D eigenvalue weighted by atomic mass is 32.2. The number of amides is 2.